The first-order chi connectivity index (χ1) is 12.5. The van der Waals surface area contributed by atoms with Crippen molar-refractivity contribution in [2.24, 2.45) is 0 Å². The van der Waals surface area contributed by atoms with E-state index in [2.05, 4.69) is 34.4 Å². The molecule has 6 heteroatoms. The number of anilines is 1. The number of nitrogens with zero attached hydrogens (tertiary/aromatic N) is 1. The van der Waals surface area contributed by atoms with Gasteiger partial charge < -0.3 is 15.6 Å². The predicted octanol–water partition coefficient (Wildman–Crippen LogP) is 3.50. The molecule has 1 aromatic heterocycles. The summed E-state index contributed by atoms with van der Waals surface area (Å²) in [5.74, 6) is 0.966. The zero-order chi connectivity index (χ0) is 18.3. The lowest BCUT2D eigenvalue weighted by molar-refractivity contribution is -0.116. The molecule has 2 aromatic carbocycles. The van der Waals surface area contributed by atoms with Crippen LogP contribution in [0.25, 0.3) is 11.0 Å². The van der Waals surface area contributed by atoms with Crippen molar-refractivity contribution in [1.29, 1.82) is 0 Å². The van der Waals surface area contributed by atoms with Crippen LogP contribution in [0, 0.1) is 0 Å². The number of H-pyrrole nitrogens is 1. The van der Waals surface area contributed by atoms with Gasteiger partial charge in [-0.05, 0) is 29.8 Å². The second-order valence-electron chi connectivity index (χ2n) is 6.87. The Kier molecular flexibility index (Phi) is 3.95. The highest BCUT2D eigenvalue weighted by molar-refractivity contribution is 6.00. The molecule has 3 aromatic rings. The number of hydrogen-bond acceptors (Lipinski definition) is 3. The lowest BCUT2D eigenvalue weighted by Crippen LogP contribution is -2.24. The van der Waals surface area contributed by atoms with Crippen molar-refractivity contribution >= 4 is 28.5 Å². The molecule has 0 radical (unpaired) electrons. The summed E-state index contributed by atoms with van der Waals surface area (Å²) in [7, 11) is 0. The number of rotatable bonds is 4. The van der Waals surface area contributed by atoms with Crippen molar-refractivity contribution in [2.45, 2.75) is 32.2 Å². The number of carbonyl (C=O) groups is 2. The molecule has 4 rings (SSSR count). The summed E-state index contributed by atoms with van der Waals surface area (Å²) in [4.78, 5) is 32.2. The minimum Gasteiger partial charge on any atom is -0.345 e. The van der Waals surface area contributed by atoms with Gasteiger partial charge in [0.1, 0.15) is 5.82 Å². The topological polar surface area (TPSA) is 86.9 Å². The fourth-order valence-electron chi connectivity index (χ4n) is 3.26. The van der Waals surface area contributed by atoms with Crippen molar-refractivity contribution in [3.8, 4) is 0 Å². The van der Waals surface area contributed by atoms with E-state index in [1.54, 1.807) is 6.07 Å². The summed E-state index contributed by atoms with van der Waals surface area (Å²) in [6, 6.07) is 12.7. The summed E-state index contributed by atoms with van der Waals surface area (Å²) in [6.45, 7) is 4.16. The van der Waals surface area contributed by atoms with Gasteiger partial charge >= 0.3 is 0 Å². The SMILES string of the molecule is CC(C)c1nc2ccc(NC(=O)C[C@@H]3NC(=O)c4ccccc43)cc2[nH]1. The van der Waals surface area contributed by atoms with Crippen molar-refractivity contribution in [2.75, 3.05) is 5.32 Å². The molecule has 26 heavy (non-hydrogen) atoms. The van der Waals surface area contributed by atoms with Crippen LogP contribution >= 0.6 is 0 Å². The molecule has 0 fully saturated rings. The Morgan fingerprint density at radius 2 is 2.04 bits per heavy atom. The number of aromatic amines is 1. The number of aromatic nitrogens is 2. The molecule has 0 saturated heterocycles. The van der Waals surface area contributed by atoms with Gasteiger partial charge in [0, 0.05) is 17.2 Å². The maximum Gasteiger partial charge on any atom is 0.252 e. The van der Waals surface area contributed by atoms with E-state index in [9.17, 15) is 9.59 Å². The summed E-state index contributed by atoms with van der Waals surface area (Å²) >= 11 is 0. The van der Waals surface area contributed by atoms with Crippen molar-refractivity contribution in [3.05, 3.63) is 59.4 Å². The third-order valence-corrected chi connectivity index (χ3v) is 4.61. The van der Waals surface area contributed by atoms with Gasteiger partial charge in [0.25, 0.3) is 5.91 Å². The maximum absolute atomic E-state index is 12.4. The highest BCUT2D eigenvalue weighted by Gasteiger charge is 2.29. The van der Waals surface area contributed by atoms with Gasteiger partial charge in [-0.25, -0.2) is 4.98 Å². The molecule has 3 N–H and O–H groups in total. The normalized spacial score (nSPS) is 16.0. The highest BCUT2D eigenvalue weighted by atomic mass is 16.2. The number of carbonyl (C=O) groups excluding carboxylic acids is 2. The molecule has 1 atom stereocenters. The molecule has 1 aliphatic heterocycles. The Hall–Kier alpha value is -3.15. The Labute approximate surface area is 151 Å². The number of nitrogens with one attached hydrogen (secondary N) is 3. The minimum absolute atomic E-state index is 0.126. The van der Waals surface area contributed by atoms with E-state index in [0.29, 0.717) is 17.2 Å². The van der Waals surface area contributed by atoms with Gasteiger partial charge in [-0.15, -0.1) is 0 Å². The fourth-order valence-corrected chi connectivity index (χ4v) is 3.26. The van der Waals surface area contributed by atoms with Crippen LogP contribution in [0.2, 0.25) is 0 Å². The second kappa shape index (κ2) is 6.29. The average molecular weight is 348 g/mol. The Balaban J connectivity index is 1.48. The third-order valence-electron chi connectivity index (χ3n) is 4.61. The molecule has 132 valence electrons. The Bertz CT molecular complexity index is 1010. The summed E-state index contributed by atoms with van der Waals surface area (Å²) in [5, 5.41) is 5.77. The largest absolute Gasteiger partial charge is 0.345 e. The van der Waals surface area contributed by atoms with E-state index in [-0.39, 0.29) is 24.3 Å². The van der Waals surface area contributed by atoms with Crippen LogP contribution in [0.1, 0.15) is 54.0 Å². The predicted molar refractivity (Wildman–Crippen MR) is 100 cm³/mol. The van der Waals surface area contributed by atoms with Gasteiger partial charge in [-0.3, -0.25) is 9.59 Å². The standard InChI is InChI=1S/C20H20N4O2/c1-11(2)19-22-15-8-7-12(9-17(15)23-19)21-18(25)10-16-13-5-3-4-6-14(13)20(26)24-16/h3-9,11,16H,10H2,1-2H3,(H,21,25)(H,22,23)(H,24,26)/t16-/m0/s1. The highest BCUT2D eigenvalue weighted by Crippen LogP contribution is 2.28. The van der Waals surface area contributed by atoms with Crippen LogP contribution in [0.4, 0.5) is 5.69 Å². The van der Waals surface area contributed by atoms with Crippen LogP contribution in [0.15, 0.2) is 42.5 Å². The number of amides is 2. The van der Waals surface area contributed by atoms with E-state index in [1.807, 2.05) is 36.4 Å². The first kappa shape index (κ1) is 16.3. The lowest BCUT2D eigenvalue weighted by Gasteiger charge is -2.12. The molecule has 0 spiro atoms. The van der Waals surface area contributed by atoms with E-state index < -0.39 is 0 Å². The van der Waals surface area contributed by atoms with Crippen LogP contribution < -0.4 is 10.6 Å². The molecule has 0 unspecified atom stereocenters. The smallest absolute Gasteiger partial charge is 0.252 e. The first-order valence-electron chi connectivity index (χ1n) is 8.70. The van der Waals surface area contributed by atoms with Crippen LogP contribution in [-0.2, 0) is 4.79 Å². The van der Waals surface area contributed by atoms with Crippen LogP contribution in [-0.4, -0.2) is 21.8 Å². The molecule has 2 heterocycles. The van der Waals surface area contributed by atoms with Gasteiger partial charge in [0.15, 0.2) is 0 Å². The van der Waals surface area contributed by atoms with E-state index in [0.717, 1.165) is 22.4 Å². The van der Waals surface area contributed by atoms with Crippen LogP contribution in [0.3, 0.4) is 0 Å². The van der Waals surface area contributed by atoms with Gasteiger partial charge in [0.2, 0.25) is 5.91 Å². The zero-order valence-electron chi connectivity index (χ0n) is 14.7. The molecule has 2 amide bonds. The monoisotopic (exact) mass is 348 g/mol. The summed E-state index contributed by atoms with van der Waals surface area (Å²) < 4.78 is 0. The minimum atomic E-state index is -0.290. The zero-order valence-corrected chi connectivity index (χ0v) is 14.7. The quantitative estimate of drug-likeness (QED) is 0.674. The Morgan fingerprint density at radius 1 is 1.23 bits per heavy atom. The Morgan fingerprint density at radius 3 is 2.85 bits per heavy atom. The second-order valence-corrected chi connectivity index (χ2v) is 6.87. The lowest BCUT2D eigenvalue weighted by atomic mass is 10.0. The number of hydrogen-bond donors (Lipinski definition) is 3. The third kappa shape index (κ3) is 2.94. The molecule has 1 aliphatic rings. The number of imidazole rings is 1. The number of benzene rings is 2. The number of fused-ring (bicyclic) bond motifs is 2. The van der Waals surface area contributed by atoms with Gasteiger partial charge in [-0.2, -0.15) is 0 Å². The maximum atomic E-state index is 12.4. The average Bonchev–Trinajstić information content (AvgIpc) is 3.17. The molecule has 0 aliphatic carbocycles. The molecule has 0 bridgehead atoms. The fraction of sp³-hybridized carbons (Fsp3) is 0.250. The van der Waals surface area contributed by atoms with E-state index in [1.165, 1.54) is 0 Å². The van der Waals surface area contributed by atoms with Crippen LogP contribution in [0.5, 0.6) is 0 Å². The van der Waals surface area contributed by atoms with E-state index >= 15 is 0 Å². The summed E-state index contributed by atoms with van der Waals surface area (Å²) in [6.07, 6.45) is 0.195. The molecule has 0 saturated carbocycles. The first-order valence-corrected chi connectivity index (χ1v) is 8.70. The van der Waals surface area contributed by atoms with E-state index in [4.69, 9.17) is 0 Å². The molecular weight excluding hydrogens is 328 g/mol. The summed E-state index contributed by atoms with van der Waals surface area (Å²) in [5.41, 5.74) is 4.00. The van der Waals surface area contributed by atoms with Gasteiger partial charge in [-0.1, -0.05) is 32.0 Å². The molecular formula is C20H20N4O2. The van der Waals surface area contributed by atoms with Crippen molar-refractivity contribution in [3.63, 3.8) is 0 Å². The van der Waals surface area contributed by atoms with Gasteiger partial charge in [0.05, 0.1) is 23.5 Å². The van der Waals surface area contributed by atoms with Crippen molar-refractivity contribution in [1.82, 2.24) is 15.3 Å². The molecule has 6 nitrogen and oxygen atoms in total. The van der Waals surface area contributed by atoms with Crippen molar-refractivity contribution < 1.29 is 9.59 Å².